The number of amides is 1. The van der Waals surface area contributed by atoms with Crippen molar-refractivity contribution in [1.82, 2.24) is 5.32 Å². The average Bonchev–Trinajstić information content (AvgIpc) is 2.48. The molecule has 0 aromatic rings. The molecule has 0 aliphatic carbocycles. The number of hydrogen-bond acceptors (Lipinski definition) is 5. The van der Waals surface area contributed by atoms with E-state index in [1.54, 1.807) is 6.92 Å². The van der Waals surface area contributed by atoms with E-state index in [-0.39, 0.29) is 13.0 Å². The molecule has 0 saturated carbocycles. The summed E-state index contributed by atoms with van der Waals surface area (Å²) in [6, 6.07) is 0. The Morgan fingerprint density at radius 2 is 1.50 bits per heavy atom. The zero-order valence-electron chi connectivity index (χ0n) is 15.3. The van der Waals surface area contributed by atoms with Crippen LogP contribution in [0.25, 0.3) is 0 Å². The number of carbonyl (C=O) groups excluding carboxylic acids is 3. The van der Waals surface area contributed by atoms with Crippen LogP contribution in [0.4, 0.5) is 0 Å². The molecular weight excluding hydrogens is 310 g/mol. The van der Waals surface area contributed by atoms with Crippen LogP contribution in [0.15, 0.2) is 0 Å². The fourth-order valence-electron chi connectivity index (χ4n) is 2.83. The highest BCUT2D eigenvalue weighted by molar-refractivity contribution is 5.90. The van der Waals surface area contributed by atoms with Gasteiger partial charge in [-0.15, -0.1) is 0 Å². The van der Waals surface area contributed by atoms with Crippen molar-refractivity contribution < 1.29 is 24.2 Å². The van der Waals surface area contributed by atoms with Crippen LogP contribution in [0.3, 0.4) is 0 Å². The third-order valence-electron chi connectivity index (χ3n) is 3.98. The smallest absolute Gasteiger partial charge is 0.332 e. The van der Waals surface area contributed by atoms with Gasteiger partial charge in [-0.2, -0.15) is 0 Å². The van der Waals surface area contributed by atoms with Gasteiger partial charge in [0.2, 0.25) is 5.91 Å². The molecule has 1 atom stereocenters. The molecule has 0 aliphatic heterocycles. The van der Waals surface area contributed by atoms with Gasteiger partial charge < -0.3 is 20.0 Å². The summed E-state index contributed by atoms with van der Waals surface area (Å²) in [6.45, 7) is 5.21. The predicted octanol–water partition coefficient (Wildman–Crippen LogP) is 2.10. The number of rotatable bonds is 14. The number of carbonyl (C=O) groups is 3. The monoisotopic (exact) mass is 342 g/mol. The fourth-order valence-corrected chi connectivity index (χ4v) is 2.83. The van der Waals surface area contributed by atoms with E-state index in [9.17, 15) is 19.5 Å². The molecule has 140 valence electrons. The van der Waals surface area contributed by atoms with Crippen LogP contribution in [0.5, 0.6) is 0 Å². The summed E-state index contributed by atoms with van der Waals surface area (Å²) in [7, 11) is 0. The standard InChI is InChI=1S/C18H33NO5/c1-4-6-7-8-9-10-11-12-13-18(14-16(21)22,19-15(3)20)17(23)24-5-2/h4-14H2,1-3H3,(H,19,20)(H,21,22)/p-1/t18-/m0/s1. The summed E-state index contributed by atoms with van der Waals surface area (Å²) in [5.41, 5.74) is -1.52. The van der Waals surface area contributed by atoms with Gasteiger partial charge in [0.15, 0.2) is 0 Å². The van der Waals surface area contributed by atoms with Crippen molar-refractivity contribution in [1.29, 1.82) is 0 Å². The van der Waals surface area contributed by atoms with Crippen molar-refractivity contribution in [3.05, 3.63) is 0 Å². The molecule has 0 fully saturated rings. The van der Waals surface area contributed by atoms with Crippen LogP contribution < -0.4 is 10.4 Å². The minimum Gasteiger partial charge on any atom is -0.550 e. The second-order valence-electron chi connectivity index (χ2n) is 6.26. The van der Waals surface area contributed by atoms with E-state index in [4.69, 9.17) is 4.74 Å². The lowest BCUT2D eigenvalue weighted by atomic mass is 9.88. The quantitative estimate of drug-likeness (QED) is 0.385. The van der Waals surface area contributed by atoms with Gasteiger partial charge in [0.1, 0.15) is 5.54 Å². The van der Waals surface area contributed by atoms with Gasteiger partial charge in [0, 0.05) is 19.3 Å². The molecule has 0 heterocycles. The molecular formula is C18H32NO5-. The van der Waals surface area contributed by atoms with E-state index in [0.717, 1.165) is 19.3 Å². The van der Waals surface area contributed by atoms with Gasteiger partial charge in [0.25, 0.3) is 0 Å². The van der Waals surface area contributed by atoms with Crippen LogP contribution in [0, 0.1) is 0 Å². The summed E-state index contributed by atoms with van der Waals surface area (Å²) >= 11 is 0. The highest BCUT2D eigenvalue weighted by atomic mass is 16.5. The van der Waals surface area contributed by atoms with E-state index in [1.807, 2.05) is 0 Å². The van der Waals surface area contributed by atoms with Crippen LogP contribution in [0.1, 0.15) is 85.0 Å². The number of ether oxygens (including phenoxy) is 1. The molecule has 0 bridgehead atoms. The molecule has 1 amide bonds. The van der Waals surface area contributed by atoms with E-state index < -0.39 is 29.8 Å². The number of hydrogen-bond donors (Lipinski definition) is 1. The Hall–Kier alpha value is -1.59. The molecule has 0 aliphatic rings. The van der Waals surface area contributed by atoms with Gasteiger partial charge >= 0.3 is 5.97 Å². The summed E-state index contributed by atoms with van der Waals surface area (Å²) in [6.07, 6.45) is 8.28. The summed E-state index contributed by atoms with van der Waals surface area (Å²) in [5, 5.41) is 13.6. The van der Waals surface area contributed by atoms with Gasteiger partial charge in [-0.3, -0.25) is 4.79 Å². The molecule has 0 rings (SSSR count). The van der Waals surface area contributed by atoms with E-state index >= 15 is 0 Å². The Morgan fingerprint density at radius 1 is 0.958 bits per heavy atom. The second-order valence-corrected chi connectivity index (χ2v) is 6.26. The van der Waals surface area contributed by atoms with E-state index in [1.165, 1.54) is 32.6 Å². The van der Waals surface area contributed by atoms with Crippen molar-refractivity contribution in [2.24, 2.45) is 0 Å². The van der Waals surface area contributed by atoms with E-state index in [2.05, 4.69) is 12.2 Å². The normalized spacial score (nSPS) is 13.1. The molecule has 0 spiro atoms. The maximum absolute atomic E-state index is 12.2. The average molecular weight is 342 g/mol. The molecule has 6 nitrogen and oxygen atoms in total. The van der Waals surface area contributed by atoms with Crippen LogP contribution >= 0.6 is 0 Å². The highest BCUT2D eigenvalue weighted by Gasteiger charge is 2.40. The van der Waals surface area contributed by atoms with Crippen molar-refractivity contribution in [3.8, 4) is 0 Å². The number of aliphatic carboxylic acids is 1. The van der Waals surface area contributed by atoms with Crippen molar-refractivity contribution in [2.45, 2.75) is 90.5 Å². The lowest BCUT2D eigenvalue weighted by molar-refractivity contribution is -0.307. The summed E-state index contributed by atoms with van der Waals surface area (Å²) in [4.78, 5) is 34.8. The zero-order chi connectivity index (χ0) is 18.4. The lowest BCUT2D eigenvalue weighted by Gasteiger charge is -2.32. The Labute approximate surface area is 145 Å². The first kappa shape index (κ1) is 22.4. The van der Waals surface area contributed by atoms with Crippen LogP contribution in [0.2, 0.25) is 0 Å². The first-order valence-corrected chi connectivity index (χ1v) is 9.03. The van der Waals surface area contributed by atoms with Gasteiger partial charge in [0.05, 0.1) is 6.61 Å². The Balaban J connectivity index is 4.59. The minimum atomic E-state index is -1.52. The molecule has 1 N–H and O–H groups in total. The maximum Gasteiger partial charge on any atom is 0.332 e. The Kier molecular flexibility index (Phi) is 11.9. The fraction of sp³-hybridized carbons (Fsp3) is 0.833. The highest BCUT2D eigenvalue weighted by Crippen LogP contribution is 2.22. The van der Waals surface area contributed by atoms with E-state index in [0.29, 0.717) is 6.42 Å². The molecule has 0 aromatic carbocycles. The first-order chi connectivity index (χ1) is 11.4. The number of unbranched alkanes of at least 4 members (excludes halogenated alkanes) is 7. The number of nitrogens with one attached hydrogen (secondary N) is 1. The lowest BCUT2D eigenvalue weighted by Crippen LogP contribution is -2.57. The number of carboxylic acids is 1. The third kappa shape index (κ3) is 9.53. The predicted molar refractivity (Wildman–Crippen MR) is 90.0 cm³/mol. The molecule has 6 heteroatoms. The van der Waals surface area contributed by atoms with Gasteiger partial charge in [-0.25, -0.2) is 4.79 Å². The molecule has 0 unspecified atom stereocenters. The van der Waals surface area contributed by atoms with Gasteiger partial charge in [-0.05, 0) is 13.3 Å². The molecule has 0 saturated heterocycles. The molecule has 0 radical (unpaired) electrons. The van der Waals surface area contributed by atoms with Crippen LogP contribution in [-0.4, -0.2) is 30.0 Å². The maximum atomic E-state index is 12.2. The molecule has 24 heavy (non-hydrogen) atoms. The number of carboxylic acid groups (broad SMARTS) is 1. The van der Waals surface area contributed by atoms with Crippen molar-refractivity contribution >= 4 is 17.8 Å². The van der Waals surface area contributed by atoms with Crippen LogP contribution in [-0.2, 0) is 19.1 Å². The summed E-state index contributed by atoms with van der Waals surface area (Å²) in [5.74, 6) is -2.53. The Bertz CT molecular complexity index is 379. The largest absolute Gasteiger partial charge is 0.550 e. The Morgan fingerprint density at radius 3 is 1.96 bits per heavy atom. The van der Waals surface area contributed by atoms with Crippen molar-refractivity contribution in [3.63, 3.8) is 0 Å². The summed E-state index contributed by atoms with van der Waals surface area (Å²) < 4.78 is 4.99. The number of esters is 1. The minimum absolute atomic E-state index is 0.130. The first-order valence-electron chi connectivity index (χ1n) is 9.03. The van der Waals surface area contributed by atoms with Crippen molar-refractivity contribution in [2.75, 3.05) is 6.61 Å². The topological polar surface area (TPSA) is 95.5 Å². The zero-order valence-corrected chi connectivity index (χ0v) is 15.3. The molecule has 0 aromatic heterocycles. The third-order valence-corrected chi connectivity index (χ3v) is 3.98. The van der Waals surface area contributed by atoms with Gasteiger partial charge in [-0.1, -0.05) is 58.3 Å². The SMILES string of the molecule is CCCCCCCCCC[C@@](CC(=O)[O-])(NC(C)=O)C(=O)OCC. The second kappa shape index (κ2) is 12.8.